The average Bonchev–Trinajstić information content (AvgIpc) is 3.45. The lowest BCUT2D eigenvalue weighted by molar-refractivity contribution is -0.214. The van der Waals surface area contributed by atoms with E-state index < -0.39 is 11.5 Å². The monoisotopic (exact) mass is 397 g/mol. The van der Waals surface area contributed by atoms with E-state index >= 15 is 0 Å². The molecule has 5 aliphatic rings. The van der Waals surface area contributed by atoms with Gasteiger partial charge in [-0.1, -0.05) is 19.4 Å². The highest BCUT2D eigenvalue weighted by atomic mass is 16.5. The van der Waals surface area contributed by atoms with Crippen LogP contribution in [0.2, 0.25) is 0 Å². The van der Waals surface area contributed by atoms with Crippen molar-refractivity contribution in [2.75, 3.05) is 19.7 Å². The van der Waals surface area contributed by atoms with Crippen LogP contribution in [0.5, 0.6) is 11.5 Å². The summed E-state index contributed by atoms with van der Waals surface area (Å²) in [7, 11) is 0. The maximum Gasteiger partial charge on any atom is 0.174 e. The number of phenols is 1. The zero-order valence-corrected chi connectivity index (χ0v) is 17.3. The second-order valence-electron chi connectivity index (χ2n) is 9.88. The van der Waals surface area contributed by atoms with Gasteiger partial charge in [0, 0.05) is 31.2 Å². The summed E-state index contributed by atoms with van der Waals surface area (Å²) in [5.74, 6) is 1.73. The highest BCUT2D eigenvalue weighted by Gasteiger charge is 2.74. The van der Waals surface area contributed by atoms with Gasteiger partial charge < -0.3 is 14.6 Å². The molecule has 156 valence electrons. The molecule has 6 rings (SSSR count). The van der Waals surface area contributed by atoms with Gasteiger partial charge in [0.1, 0.15) is 0 Å². The Hall–Kier alpha value is -1.59. The number of benzene rings is 1. The van der Waals surface area contributed by atoms with E-state index in [1.54, 1.807) is 6.07 Å². The maximum atomic E-state index is 13.1. The van der Waals surface area contributed by atoms with Crippen molar-refractivity contribution in [2.45, 2.75) is 81.5 Å². The molecule has 2 bridgehead atoms. The molecule has 0 radical (unpaired) electrons. The summed E-state index contributed by atoms with van der Waals surface area (Å²) in [5, 5.41) is 10.6. The van der Waals surface area contributed by atoms with Gasteiger partial charge in [-0.2, -0.15) is 0 Å². The van der Waals surface area contributed by atoms with Crippen molar-refractivity contribution in [1.82, 2.24) is 4.90 Å². The Morgan fingerprint density at radius 3 is 2.97 bits per heavy atom. The molecule has 3 fully saturated rings. The van der Waals surface area contributed by atoms with Crippen molar-refractivity contribution >= 4 is 5.78 Å². The molecule has 2 aliphatic heterocycles. The van der Waals surface area contributed by atoms with Crippen molar-refractivity contribution in [3.63, 3.8) is 0 Å². The lowest BCUT2D eigenvalue weighted by Gasteiger charge is -2.64. The Bertz CT molecular complexity index is 865. The molecule has 1 saturated heterocycles. The maximum absolute atomic E-state index is 13.1. The summed E-state index contributed by atoms with van der Waals surface area (Å²) < 4.78 is 13.2. The first-order chi connectivity index (χ1) is 14.1. The fourth-order valence-electron chi connectivity index (χ4n) is 6.93. The van der Waals surface area contributed by atoms with E-state index in [4.69, 9.17) is 9.47 Å². The number of hydrogen-bond acceptors (Lipinski definition) is 5. The molecule has 1 aromatic rings. The highest BCUT2D eigenvalue weighted by Crippen LogP contribution is 2.66. The van der Waals surface area contributed by atoms with Crippen molar-refractivity contribution in [3.8, 4) is 11.5 Å². The SMILES string of the molecule is CCCCO[C@@]12CCC(=O)[C@H]3Oc4c(O)ccc5c4[C@@]31CCN(CC1CC1)[C@@H]2C5. The minimum Gasteiger partial charge on any atom is -0.504 e. The van der Waals surface area contributed by atoms with E-state index in [2.05, 4.69) is 17.9 Å². The number of piperidine rings is 1. The molecule has 5 nitrogen and oxygen atoms in total. The number of carbonyl (C=O) groups is 1. The van der Waals surface area contributed by atoms with Gasteiger partial charge in [-0.25, -0.2) is 0 Å². The second-order valence-corrected chi connectivity index (χ2v) is 9.88. The van der Waals surface area contributed by atoms with Gasteiger partial charge >= 0.3 is 0 Å². The van der Waals surface area contributed by atoms with E-state index in [-0.39, 0.29) is 23.2 Å². The zero-order chi connectivity index (χ0) is 19.8. The number of phenolic OH excluding ortho intramolecular Hbond substituents is 1. The van der Waals surface area contributed by atoms with E-state index in [1.165, 1.54) is 18.4 Å². The normalized spacial score (nSPS) is 37.3. The van der Waals surface area contributed by atoms with Gasteiger partial charge in [-0.05, 0) is 62.6 Å². The molecule has 1 spiro atoms. The summed E-state index contributed by atoms with van der Waals surface area (Å²) in [6, 6.07) is 4.10. The number of nitrogens with zero attached hydrogens (tertiary/aromatic N) is 1. The lowest BCUT2D eigenvalue weighted by atomic mass is 9.48. The zero-order valence-electron chi connectivity index (χ0n) is 17.3. The van der Waals surface area contributed by atoms with Gasteiger partial charge in [0.05, 0.1) is 11.0 Å². The number of ketones is 1. The molecule has 2 saturated carbocycles. The fourth-order valence-corrected chi connectivity index (χ4v) is 6.93. The van der Waals surface area contributed by atoms with E-state index in [0.29, 0.717) is 12.2 Å². The number of hydrogen-bond donors (Lipinski definition) is 1. The van der Waals surface area contributed by atoms with Gasteiger partial charge in [0.2, 0.25) is 0 Å². The molecular formula is C24H31NO4. The third-order valence-electron chi connectivity index (χ3n) is 8.38. The van der Waals surface area contributed by atoms with Crippen molar-refractivity contribution in [1.29, 1.82) is 0 Å². The number of carbonyl (C=O) groups excluding carboxylic acids is 1. The van der Waals surface area contributed by atoms with Crippen LogP contribution in [-0.4, -0.2) is 53.2 Å². The van der Waals surface area contributed by atoms with Gasteiger partial charge in [0.15, 0.2) is 23.4 Å². The largest absolute Gasteiger partial charge is 0.504 e. The molecular weight excluding hydrogens is 366 g/mol. The Morgan fingerprint density at radius 1 is 1.31 bits per heavy atom. The number of likely N-dealkylation sites (tertiary alicyclic amines) is 1. The number of aromatic hydroxyl groups is 1. The van der Waals surface area contributed by atoms with E-state index in [0.717, 1.165) is 63.3 Å². The molecule has 4 atom stereocenters. The minimum atomic E-state index is -0.509. The molecule has 1 N–H and O–H groups in total. The van der Waals surface area contributed by atoms with Gasteiger partial charge in [-0.3, -0.25) is 9.69 Å². The third kappa shape index (κ3) is 2.26. The predicted molar refractivity (Wildman–Crippen MR) is 108 cm³/mol. The molecule has 3 aliphatic carbocycles. The molecule has 0 unspecified atom stereocenters. The highest BCUT2D eigenvalue weighted by molar-refractivity contribution is 5.90. The number of Topliss-reactive ketones (excluding diaryl/α,β-unsaturated/α-hetero) is 1. The molecule has 0 aromatic heterocycles. The van der Waals surface area contributed by atoms with E-state index in [9.17, 15) is 9.90 Å². The Morgan fingerprint density at radius 2 is 2.17 bits per heavy atom. The summed E-state index contributed by atoms with van der Waals surface area (Å²) in [6.45, 7) is 5.06. The molecule has 2 heterocycles. The second kappa shape index (κ2) is 6.21. The van der Waals surface area contributed by atoms with E-state index in [1.807, 2.05) is 0 Å². The van der Waals surface area contributed by atoms with Crippen LogP contribution < -0.4 is 4.74 Å². The lowest BCUT2D eigenvalue weighted by Crippen LogP contribution is -2.77. The molecule has 1 aromatic carbocycles. The first kappa shape index (κ1) is 18.2. The van der Waals surface area contributed by atoms with Crippen LogP contribution >= 0.6 is 0 Å². The standard InChI is InChI=1S/C24H31NO4/c1-2-3-12-28-24-9-8-18(27)22-23(24)10-11-25(14-15-4-5-15)19(24)13-16-6-7-17(26)21(29-22)20(16)23/h6-7,15,19,22,26H,2-5,8-14H2,1H3/t19-,22-,23+,24-/m1/s1. The molecule has 0 amide bonds. The van der Waals surface area contributed by atoms with Crippen LogP contribution in [0, 0.1) is 5.92 Å². The summed E-state index contributed by atoms with van der Waals surface area (Å²) in [4.78, 5) is 15.8. The average molecular weight is 398 g/mol. The number of ether oxygens (including phenoxy) is 2. The van der Waals surface area contributed by atoms with Gasteiger partial charge in [-0.15, -0.1) is 0 Å². The smallest absolute Gasteiger partial charge is 0.174 e. The van der Waals surface area contributed by atoms with Crippen LogP contribution in [0.15, 0.2) is 12.1 Å². The van der Waals surface area contributed by atoms with Crippen LogP contribution in [0.1, 0.15) is 63.0 Å². The van der Waals surface area contributed by atoms with Crippen LogP contribution in [-0.2, 0) is 21.4 Å². The number of rotatable bonds is 6. The van der Waals surface area contributed by atoms with Crippen LogP contribution in [0.3, 0.4) is 0 Å². The summed E-state index contributed by atoms with van der Waals surface area (Å²) >= 11 is 0. The van der Waals surface area contributed by atoms with Crippen LogP contribution in [0.4, 0.5) is 0 Å². The topological polar surface area (TPSA) is 59.0 Å². The Balaban J connectivity index is 1.54. The quantitative estimate of drug-likeness (QED) is 0.746. The Labute approximate surface area is 172 Å². The first-order valence-electron chi connectivity index (χ1n) is 11.5. The third-order valence-corrected chi connectivity index (χ3v) is 8.38. The van der Waals surface area contributed by atoms with Crippen LogP contribution in [0.25, 0.3) is 0 Å². The van der Waals surface area contributed by atoms with Crippen molar-refractivity contribution in [3.05, 3.63) is 23.3 Å². The Kier molecular flexibility index (Phi) is 3.90. The fraction of sp³-hybridized carbons (Fsp3) is 0.708. The number of unbranched alkanes of at least 4 members (excludes halogenated alkanes) is 1. The molecule has 5 heteroatoms. The molecule has 29 heavy (non-hydrogen) atoms. The van der Waals surface area contributed by atoms with Crippen molar-refractivity contribution in [2.24, 2.45) is 5.92 Å². The van der Waals surface area contributed by atoms with Gasteiger partial charge in [0.25, 0.3) is 0 Å². The first-order valence-corrected chi connectivity index (χ1v) is 11.5. The summed E-state index contributed by atoms with van der Waals surface area (Å²) in [5.41, 5.74) is 1.51. The minimum absolute atomic E-state index is 0.168. The van der Waals surface area contributed by atoms with Crippen molar-refractivity contribution < 1.29 is 19.4 Å². The summed E-state index contributed by atoms with van der Waals surface area (Å²) in [6.07, 6.45) is 7.40. The predicted octanol–water partition coefficient (Wildman–Crippen LogP) is 3.35.